The first-order valence-corrected chi connectivity index (χ1v) is 11.2. The highest BCUT2D eigenvalue weighted by Gasteiger charge is 2.32. The van der Waals surface area contributed by atoms with Crippen LogP contribution in [0.3, 0.4) is 0 Å². The molecule has 1 saturated heterocycles. The minimum Gasteiger partial charge on any atom is -0.338 e. The van der Waals surface area contributed by atoms with Gasteiger partial charge in [0.2, 0.25) is 15.9 Å². The Bertz CT molecular complexity index is 892. The minimum atomic E-state index is -3.48. The number of hydrogen-bond acceptors (Lipinski definition) is 6. The summed E-state index contributed by atoms with van der Waals surface area (Å²) in [5.74, 6) is 1.28. The van der Waals surface area contributed by atoms with Gasteiger partial charge in [0.15, 0.2) is 5.82 Å². The average molecular weight is 407 g/mol. The van der Waals surface area contributed by atoms with E-state index in [2.05, 4.69) is 35.8 Å². The molecule has 1 aliphatic rings. The second-order valence-corrected chi connectivity index (χ2v) is 10.2. The van der Waals surface area contributed by atoms with Gasteiger partial charge in [0.05, 0.1) is 10.9 Å². The SMILES string of the molecule is CCc1noc([C@H](C)N2CCN(S(=O)(=O)c3ccc(C(C)(C)C)cc3)CC2)n1. The normalized spacial score (nSPS) is 18.3. The van der Waals surface area contributed by atoms with Crippen molar-refractivity contribution in [3.63, 3.8) is 0 Å². The predicted octanol–water partition coefficient (Wildman–Crippen LogP) is 3.00. The third-order valence-corrected chi connectivity index (χ3v) is 7.25. The van der Waals surface area contributed by atoms with E-state index in [0.717, 1.165) is 12.0 Å². The predicted molar refractivity (Wildman–Crippen MR) is 108 cm³/mol. The van der Waals surface area contributed by atoms with Crippen LogP contribution in [0.15, 0.2) is 33.7 Å². The Morgan fingerprint density at radius 2 is 1.71 bits per heavy atom. The summed E-state index contributed by atoms with van der Waals surface area (Å²) < 4.78 is 32.9. The topological polar surface area (TPSA) is 79.5 Å². The fourth-order valence-electron chi connectivity index (χ4n) is 3.34. The van der Waals surface area contributed by atoms with Gasteiger partial charge >= 0.3 is 0 Å². The number of hydrogen-bond donors (Lipinski definition) is 0. The molecule has 28 heavy (non-hydrogen) atoms. The lowest BCUT2D eigenvalue weighted by atomic mass is 9.87. The molecule has 0 N–H and O–H groups in total. The van der Waals surface area contributed by atoms with Crippen LogP contribution in [0.4, 0.5) is 0 Å². The van der Waals surface area contributed by atoms with Gasteiger partial charge in [-0.2, -0.15) is 9.29 Å². The first-order valence-electron chi connectivity index (χ1n) is 9.80. The van der Waals surface area contributed by atoms with Gasteiger partial charge in [-0.05, 0) is 30.0 Å². The lowest BCUT2D eigenvalue weighted by molar-refractivity contribution is 0.124. The third kappa shape index (κ3) is 4.29. The first-order chi connectivity index (χ1) is 13.1. The molecule has 0 amide bonds. The van der Waals surface area contributed by atoms with Crippen LogP contribution in [-0.4, -0.2) is 53.9 Å². The van der Waals surface area contributed by atoms with Gasteiger partial charge in [0, 0.05) is 32.6 Å². The Morgan fingerprint density at radius 3 is 2.21 bits per heavy atom. The van der Waals surface area contributed by atoms with Gasteiger partial charge in [-0.15, -0.1) is 0 Å². The van der Waals surface area contributed by atoms with Crippen molar-refractivity contribution in [3.05, 3.63) is 41.5 Å². The van der Waals surface area contributed by atoms with E-state index < -0.39 is 10.0 Å². The summed E-state index contributed by atoms with van der Waals surface area (Å²) >= 11 is 0. The molecule has 1 aromatic carbocycles. The van der Waals surface area contributed by atoms with Gasteiger partial charge in [0.1, 0.15) is 0 Å². The molecule has 1 aromatic heterocycles. The van der Waals surface area contributed by atoms with Gasteiger partial charge < -0.3 is 4.52 Å². The molecule has 0 radical (unpaired) electrons. The fourth-order valence-corrected chi connectivity index (χ4v) is 4.77. The molecule has 2 aromatic rings. The summed E-state index contributed by atoms with van der Waals surface area (Å²) in [5.41, 5.74) is 1.12. The fraction of sp³-hybridized carbons (Fsp3) is 0.600. The van der Waals surface area contributed by atoms with Crippen molar-refractivity contribution >= 4 is 10.0 Å². The monoisotopic (exact) mass is 406 g/mol. The molecule has 1 aliphatic heterocycles. The van der Waals surface area contributed by atoms with Gasteiger partial charge in [-0.25, -0.2) is 8.42 Å². The highest BCUT2D eigenvalue weighted by atomic mass is 32.2. The largest absolute Gasteiger partial charge is 0.338 e. The Labute approximate surface area is 167 Å². The van der Waals surface area contributed by atoms with E-state index in [0.29, 0.717) is 42.8 Å². The lowest BCUT2D eigenvalue weighted by Gasteiger charge is -2.36. The zero-order chi connectivity index (χ0) is 20.5. The smallest absolute Gasteiger partial charge is 0.243 e. The molecular weight excluding hydrogens is 376 g/mol. The number of aromatic nitrogens is 2. The molecule has 1 atom stereocenters. The number of rotatable bonds is 5. The molecule has 1 fully saturated rings. The maximum Gasteiger partial charge on any atom is 0.243 e. The van der Waals surface area contributed by atoms with Crippen LogP contribution in [0, 0.1) is 0 Å². The highest BCUT2D eigenvalue weighted by Crippen LogP contribution is 2.26. The maximum absolute atomic E-state index is 13.0. The summed E-state index contributed by atoms with van der Waals surface area (Å²) in [5, 5.41) is 3.95. The summed E-state index contributed by atoms with van der Waals surface area (Å²) in [4.78, 5) is 6.93. The number of sulfonamides is 1. The van der Waals surface area contributed by atoms with Crippen molar-refractivity contribution in [2.45, 2.75) is 57.4 Å². The number of piperazine rings is 1. The van der Waals surface area contributed by atoms with Crippen molar-refractivity contribution in [1.82, 2.24) is 19.3 Å². The molecule has 3 rings (SSSR count). The van der Waals surface area contributed by atoms with Gasteiger partial charge in [-0.1, -0.05) is 45.0 Å². The molecule has 0 bridgehead atoms. The molecule has 0 spiro atoms. The molecule has 0 saturated carbocycles. The summed E-state index contributed by atoms with van der Waals surface area (Å²) in [6.45, 7) is 12.5. The molecular formula is C20H30N4O3S. The highest BCUT2D eigenvalue weighted by molar-refractivity contribution is 7.89. The first kappa shape index (κ1) is 21.0. The van der Waals surface area contributed by atoms with Crippen LogP contribution in [0.2, 0.25) is 0 Å². The second kappa shape index (κ2) is 7.93. The summed E-state index contributed by atoms with van der Waals surface area (Å²) in [6.07, 6.45) is 0.732. The zero-order valence-corrected chi connectivity index (χ0v) is 18.2. The van der Waals surface area contributed by atoms with Crippen LogP contribution < -0.4 is 0 Å². The van der Waals surface area contributed by atoms with E-state index in [9.17, 15) is 8.42 Å². The molecule has 154 valence electrons. The van der Waals surface area contributed by atoms with E-state index >= 15 is 0 Å². The third-order valence-electron chi connectivity index (χ3n) is 5.34. The maximum atomic E-state index is 13.0. The van der Waals surface area contributed by atoms with Crippen molar-refractivity contribution in [3.8, 4) is 0 Å². The van der Waals surface area contributed by atoms with Crippen LogP contribution in [0.25, 0.3) is 0 Å². The number of aryl methyl sites for hydroxylation is 1. The number of nitrogens with zero attached hydrogens (tertiary/aromatic N) is 4. The Balaban J connectivity index is 1.66. The average Bonchev–Trinajstić information content (AvgIpc) is 3.16. The van der Waals surface area contributed by atoms with Crippen molar-refractivity contribution in [2.24, 2.45) is 0 Å². The van der Waals surface area contributed by atoms with Crippen LogP contribution >= 0.6 is 0 Å². The Hall–Kier alpha value is -1.77. The van der Waals surface area contributed by atoms with Crippen molar-refractivity contribution in [1.29, 1.82) is 0 Å². The number of benzene rings is 1. The van der Waals surface area contributed by atoms with E-state index in [1.165, 1.54) is 0 Å². The Morgan fingerprint density at radius 1 is 1.11 bits per heavy atom. The van der Waals surface area contributed by atoms with E-state index in [1.807, 2.05) is 26.0 Å². The summed E-state index contributed by atoms with van der Waals surface area (Å²) in [7, 11) is -3.48. The minimum absolute atomic E-state index is 0.00353. The molecule has 0 aliphatic carbocycles. The Kier molecular flexibility index (Phi) is 5.93. The molecule has 8 heteroatoms. The van der Waals surface area contributed by atoms with Crippen LogP contribution in [0.5, 0.6) is 0 Å². The molecule has 0 unspecified atom stereocenters. The molecule has 7 nitrogen and oxygen atoms in total. The van der Waals surface area contributed by atoms with Crippen LogP contribution in [0.1, 0.15) is 57.9 Å². The lowest BCUT2D eigenvalue weighted by Crippen LogP contribution is -2.49. The van der Waals surface area contributed by atoms with E-state index in [4.69, 9.17) is 4.52 Å². The van der Waals surface area contributed by atoms with Crippen molar-refractivity contribution < 1.29 is 12.9 Å². The van der Waals surface area contributed by atoms with E-state index in [-0.39, 0.29) is 11.5 Å². The van der Waals surface area contributed by atoms with Crippen molar-refractivity contribution in [2.75, 3.05) is 26.2 Å². The quantitative estimate of drug-likeness (QED) is 0.759. The van der Waals surface area contributed by atoms with Gasteiger partial charge in [0.25, 0.3) is 0 Å². The van der Waals surface area contributed by atoms with Crippen LogP contribution in [-0.2, 0) is 21.9 Å². The molecule has 2 heterocycles. The summed E-state index contributed by atoms with van der Waals surface area (Å²) in [6, 6.07) is 7.23. The van der Waals surface area contributed by atoms with Gasteiger partial charge in [-0.3, -0.25) is 4.90 Å². The zero-order valence-electron chi connectivity index (χ0n) is 17.3. The second-order valence-electron chi connectivity index (χ2n) is 8.29. The standard InChI is InChI=1S/C20H30N4O3S/c1-6-18-21-19(27-22-18)15(2)23-11-13-24(14-12-23)28(25,26)17-9-7-16(8-10-17)20(3,4)5/h7-10,15H,6,11-14H2,1-5H3/t15-/m0/s1. The van der Waals surface area contributed by atoms with E-state index in [1.54, 1.807) is 16.4 Å².